The van der Waals surface area contributed by atoms with Gasteiger partial charge >= 0.3 is 0 Å². The van der Waals surface area contributed by atoms with E-state index in [4.69, 9.17) is 0 Å². The predicted molar refractivity (Wildman–Crippen MR) is 84.5 cm³/mol. The van der Waals surface area contributed by atoms with E-state index in [1.54, 1.807) is 0 Å². The largest absolute Gasteiger partial charge is 0.362 e. The molecule has 1 aromatic rings. The zero-order valence-corrected chi connectivity index (χ0v) is 13.5. The van der Waals surface area contributed by atoms with Crippen molar-refractivity contribution in [3.05, 3.63) is 23.0 Å². The van der Waals surface area contributed by atoms with Crippen molar-refractivity contribution < 1.29 is 9.59 Å². The second kappa shape index (κ2) is 6.15. The molecule has 2 amide bonds. The van der Waals surface area contributed by atoms with Crippen molar-refractivity contribution in [1.82, 2.24) is 14.8 Å². The van der Waals surface area contributed by atoms with E-state index in [9.17, 15) is 9.59 Å². The molecular weight excluding hydrogens is 278 g/mol. The Morgan fingerprint density at radius 2 is 1.77 bits per heavy atom. The van der Waals surface area contributed by atoms with Gasteiger partial charge in [-0.2, -0.15) is 0 Å². The van der Waals surface area contributed by atoms with Gasteiger partial charge in [-0.05, 0) is 38.3 Å². The van der Waals surface area contributed by atoms with E-state index < -0.39 is 0 Å². The van der Waals surface area contributed by atoms with E-state index in [1.807, 2.05) is 29.7 Å². The molecule has 0 bridgehead atoms. The summed E-state index contributed by atoms with van der Waals surface area (Å²) in [5, 5.41) is 0. The first-order chi connectivity index (χ1) is 10.5. The lowest BCUT2D eigenvalue weighted by atomic mass is 9.84. The number of aromatic nitrogens is 1. The van der Waals surface area contributed by atoms with Gasteiger partial charge in [0, 0.05) is 43.5 Å². The molecule has 1 N–H and O–H groups in total. The van der Waals surface area contributed by atoms with Gasteiger partial charge in [-0.15, -0.1) is 0 Å². The molecule has 0 radical (unpaired) electrons. The highest BCUT2D eigenvalue weighted by atomic mass is 16.2. The maximum atomic E-state index is 12.4. The molecule has 1 aliphatic carbocycles. The molecule has 22 heavy (non-hydrogen) atoms. The molecule has 0 aromatic carbocycles. The third-order valence-corrected chi connectivity index (χ3v) is 5.00. The van der Waals surface area contributed by atoms with Gasteiger partial charge < -0.3 is 14.8 Å². The van der Waals surface area contributed by atoms with Crippen LogP contribution in [0.1, 0.15) is 36.2 Å². The number of rotatable bonds is 3. The number of amides is 2. The third-order valence-electron chi connectivity index (χ3n) is 5.00. The van der Waals surface area contributed by atoms with E-state index in [0.29, 0.717) is 38.5 Å². The minimum absolute atomic E-state index is 0.165. The highest BCUT2D eigenvalue weighted by Crippen LogP contribution is 2.28. The Morgan fingerprint density at radius 3 is 2.27 bits per heavy atom. The molecule has 120 valence electrons. The Labute approximate surface area is 131 Å². The summed E-state index contributed by atoms with van der Waals surface area (Å²) in [4.78, 5) is 31.7. The van der Waals surface area contributed by atoms with Crippen molar-refractivity contribution in [2.24, 2.45) is 5.92 Å². The van der Waals surface area contributed by atoms with Crippen LogP contribution in [0.2, 0.25) is 0 Å². The van der Waals surface area contributed by atoms with E-state index in [-0.39, 0.29) is 11.8 Å². The van der Waals surface area contributed by atoms with Crippen LogP contribution < -0.4 is 0 Å². The second-order valence-corrected chi connectivity index (χ2v) is 6.61. The maximum absolute atomic E-state index is 12.4. The summed E-state index contributed by atoms with van der Waals surface area (Å²) >= 11 is 0. The van der Waals surface area contributed by atoms with Gasteiger partial charge in [0.05, 0.1) is 6.42 Å². The average Bonchev–Trinajstić information content (AvgIpc) is 2.75. The number of aryl methyl sites for hydroxylation is 2. The molecule has 5 heteroatoms. The molecule has 1 saturated carbocycles. The molecule has 1 aromatic heterocycles. The smallest absolute Gasteiger partial charge is 0.227 e. The molecule has 1 aliphatic heterocycles. The van der Waals surface area contributed by atoms with Gasteiger partial charge in [-0.1, -0.05) is 6.42 Å². The molecule has 2 heterocycles. The van der Waals surface area contributed by atoms with Crippen LogP contribution in [0, 0.1) is 19.8 Å². The van der Waals surface area contributed by atoms with Gasteiger partial charge in [0.15, 0.2) is 0 Å². The quantitative estimate of drug-likeness (QED) is 0.923. The zero-order valence-electron chi connectivity index (χ0n) is 13.5. The number of carbonyl (C=O) groups is 2. The summed E-state index contributed by atoms with van der Waals surface area (Å²) in [5.41, 5.74) is 3.25. The van der Waals surface area contributed by atoms with Crippen molar-refractivity contribution in [3.8, 4) is 0 Å². The lowest BCUT2D eigenvalue weighted by molar-refractivity contribution is -0.143. The Kier molecular flexibility index (Phi) is 4.23. The van der Waals surface area contributed by atoms with Crippen molar-refractivity contribution >= 4 is 11.8 Å². The standard InChI is InChI=1S/C17H25N3O2/c1-12-10-15(13(2)18-12)11-16(21)19-6-8-20(9-7-19)17(22)14-4-3-5-14/h10,14,18H,3-9,11H2,1-2H3. The van der Waals surface area contributed by atoms with Crippen LogP contribution >= 0.6 is 0 Å². The molecule has 0 unspecified atom stereocenters. The molecule has 1 saturated heterocycles. The second-order valence-electron chi connectivity index (χ2n) is 6.61. The van der Waals surface area contributed by atoms with Crippen LogP contribution in [0.5, 0.6) is 0 Å². The Morgan fingerprint density at radius 1 is 1.14 bits per heavy atom. The molecular formula is C17H25N3O2. The number of aromatic amines is 1. The molecule has 0 spiro atoms. The monoisotopic (exact) mass is 303 g/mol. The summed E-state index contributed by atoms with van der Waals surface area (Å²) in [6.45, 7) is 6.72. The van der Waals surface area contributed by atoms with Crippen LogP contribution in [-0.4, -0.2) is 52.8 Å². The van der Waals surface area contributed by atoms with E-state index >= 15 is 0 Å². The van der Waals surface area contributed by atoms with E-state index in [2.05, 4.69) is 4.98 Å². The van der Waals surface area contributed by atoms with Crippen LogP contribution in [0.25, 0.3) is 0 Å². The highest BCUT2D eigenvalue weighted by Gasteiger charge is 2.32. The summed E-state index contributed by atoms with van der Waals surface area (Å²) < 4.78 is 0. The van der Waals surface area contributed by atoms with Gasteiger partial charge in [-0.25, -0.2) is 0 Å². The molecule has 3 rings (SSSR count). The molecule has 5 nitrogen and oxygen atoms in total. The number of piperazine rings is 1. The van der Waals surface area contributed by atoms with Crippen molar-refractivity contribution in [2.75, 3.05) is 26.2 Å². The van der Waals surface area contributed by atoms with E-state index in [1.165, 1.54) is 6.42 Å². The van der Waals surface area contributed by atoms with E-state index in [0.717, 1.165) is 29.8 Å². The lowest BCUT2D eigenvalue weighted by Gasteiger charge is -2.38. The van der Waals surface area contributed by atoms with Crippen molar-refractivity contribution in [1.29, 1.82) is 0 Å². The topological polar surface area (TPSA) is 56.4 Å². The summed E-state index contributed by atoms with van der Waals surface area (Å²) in [7, 11) is 0. The first-order valence-corrected chi connectivity index (χ1v) is 8.26. The van der Waals surface area contributed by atoms with Crippen LogP contribution in [-0.2, 0) is 16.0 Å². The fourth-order valence-electron chi connectivity index (χ4n) is 3.33. The van der Waals surface area contributed by atoms with Crippen molar-refractivity contribution in [2.45, 2.75) is 39.5 Å². The van der Waals surface area contributed by atoms with Gasteiger partial charge in [0.25, 0.3) is 0 Å². The normalized spacial score (nSPS) is 19.2. The van der Waals surface area contributed by atoms with Gasteiger partial charge in [0.1, 0.15) is 0 Å². The third kappa shape index (κ3) is 3.03. The number of H-pyrrole nitrogens is 1. The number of hydrogen-bond donors (Lipinski definition) is 1. The molecule has 0 atom stereocenters. The fourth-order valence-corrected chi connectivity index (χ4v) is 3.33. The minimum Gasteiger partial charge on any atom is -0.362 e. The Balaban J connectivity index is 1.51. The van der Waals surface area contributed by atoms with Gasteiger partial charge in [0.2, 0.25) is 11.8 Å². The first kappa shape index (κ1) is 15.1. The minimum atomic E-state index is 0.165. The molecule has 2 fully saturated rings. The number of nitrogens with one attached hydrogen (secondary N) is 1. The highest BCUT2D eigenvalue weighted by molar-refractivity contribution is 5.81. The van der Waals surface area contributed by atoms with Crippen LogP contribution in [0.4, 0.5) is 0 Å². The van der Waals surface area contributed by atoms with Crippen molar-refractivity contribution in [3.63, 3.8) is 0 Å². The van der Waals surface area contributed by atoms with Gasteiger partial charge in [-0.3, -0.25) is 9.59 Å². The summed E-state index contributed by atoms with van der Waals surface area (Å²) in [6.07, 6.45) is 3.73. The zero-order chi connectivity index (χ0) is 15.7. The first-order valence-electron chi connectivity index (χ1n) is 8.26. The fraction of sp³-hybridized carbons (Fsp3) is 0.647. The summed E-state index contributed by atoms with van der Waals surface area (Å²) in [6, 6.07) is 2.05. The lowest BCUT2D eigenvalue weighted by Crippen LogP contribution is -2.52. The number of hydrogen-bond acceptors (Lipinski definition) is 2. The van der Waals surface area contributed by atoms with Crippen LogP contribution in [0.15, 0.2) is 6.07 Å². The summed E-state index contributed by atoms with van der Waals surface area (Å²) in [5.74, 6) is 0.723. The maximum Gasteiger partial charge on any atom is 0.227 e. The Hall–Kier alpha value is -1.78. The predicted octanol–water partition coefficient (Wildman–Crippen LogP) is 1.64. The Bertz CT molecular complexity index is 566. The number of carbonyl (C=O) groups excluding carboxylic acids is 2. The van der Waals surface area contributed by atoms with Crippen LogP contribution in [0.3, 0.4) is 0 Å². The SMILES string of the molecule is Cc1cc(CC(=O)N2CCN(C(=O)C3CCC3)CC2)c(C)[nH]1. The average molecular weight is 303 g/mol. The molecule has 2 aliphatic rings. The number of nitrogens with zero attached hydrogens (tertiary/aromatic N) is 2.